The molecule has 0 aliphatic carbocycles. The van der Waals surface area contributed by atoms with Gasteiger partial charge in [0.05, 0.1) is 7.11 Å². The summed E-state index contributed by atoms with van der Waals surface area (Å²) in [5, 5.41) is 0. The summed E-state index contributed by atoms with van der Waals surface area (Å²) < 4.78 is 10.5. The van der Waals surface area contributed by atoms with Crippen molar-refractivity contribution in [3.05, 3.63) is 52.6 Å². The summed E-state index contributed by atoms with van der Waals surface area (Å²) in [6, 6.07) is 5.38. The molecule has 0 saturated carbocycles. The van der Waals surface area contributed by atoms with Crippen LogP contribution in [0.2, 0.25) is 0 Å². The Labute approximate surface area is 137 Å². The van der Waals surface area contributed by atoms with Gasteiger partial charge in [-0.15, -0.1) is 0 Å². The number of hydrogen-bond acceptors (Lipinski definition) is 4. The van der Waals surface area contributed by atoms with E-state index in [0.717, 1.165) is 16.9 Å². The van der Waals surface area contributed by atoms with Crippen LogP contribution < -0.4 is 4.74 Å². The zero-order valence-corrected chi connectivity index (χ0v) is 14.4. The molecule has 0 atom stereocenters. The minimum atomic E-state index is -0.309. The molecule has 124 valence electrons. The average Bonchev–Trinajstić information content (AvgIpc) is 2.56. The number of rotatable bonds is 7. The molecule has 1 aromatic carbocycles. The average molecular weight is 316 g/mol. The molecule has 0 fully saturated rings. The maximum Gasteiger partial charge on any atom is 0.333 e. The molecule has 0 unspecified atom stereocenters. The maximum atomic E-state index is 11.6. The van der Waals surface area contributed by atoms with Crippen molar-refractivity contribution in [1.29, 1.82) is 0 Å². The lowest BCUT2D eigenvalue weighted by atomic mass is 10.0. The number of ketones is 1. The third-order valence-electron chi connectivity index (χ3n) is 3.54. The summed E-state index contributed by atoms with van der Waals surface area (Å²) in [6.07, 6.45) is 4.30. The topological polar surface area (TPSA) is 52.6 Å². The van der Waals surface area contributed by atoms with Gasteiger partial charge < -0.3 is 9.47 Å². The summed E-state index contributed by atoms with van der Waals surface area (Å²) in [5.41, 5.74) is 3.11. The smallest absolute Gasteiger partial charge is 0.333 e. The number of ether oxygens (including phenoxy) is 2. The molecule has 0 aliphatic rings. The van der Waals surface area contributed by atoms with E-state index < -0.39 is 0 Å². The Kier molecular flexibility index (Phi) is 7.26. The minimum absolute atomic E-state index is 0.0189. The Balaban J connectivity index is 2.77. The van der Waals surface area contributed by atoms with Crippen molar-refractivity contribution in [1.82, 2.24) is 0 Å². The highest BCUT2D eigenvalue weighted by Gasteiger charge is 2.07. The van der Waals surface area contributed by atoms with Crippen LogP contribution in [0.15, 0.2) is 41.5 Å². The number of methoxy groups -OCH3 is 1. The van der Waals surface area contributed by atoms with Crippen LogP contribution in [0.1, 0.15) is 43.6 Å². The van der Waals surface area contributed by atoms with Gasteiger partial charge in [0.2, 0.25) is 0 Å². The van der Waals surface area contributed by atoms with Crippen molar-refractivity contribution in [3.8, 4) is 5.75 Å². The number of benzene rings is 1. The molecule has 0 aromatic heterocycles. The Hall–Kier alpha value is -2.36. The van der Waals surface area contributed by atoms with Crippen molar-refractivity contribution in [3.63, 3.8) is 0 Å². The number of hydrogen-bond donors (Lipinski definition) is 0. The first-order chi connectivity index (χ1) is 10.9. The molecule has 1 rings (SSSR count). The molecule has 0 bridgehead atoms. The number of esters is 1. The lowest BCUT2D eigenvalue weighted by Gasteiger charge is -2.09. The second kappa shape index (κ2) is 8.93. The van der Waals surface area contributed by atoms with Crippen LogP contribution in [0.3, 0.4) is 0 Å². The van der Waals surface area contributed by atoms with Crippen LogP contribution in [0.5, 0.6) is 5.75 Å². The molecule has 0 heterocycles. The van der Waals surface area contributed by atoms with Gasteiger partial charge in [0.1, 0.15) is 12.4 Å². The van der Waals surface area contributed by atoms with Gasteiger partial charge in [0.15, 0.2) is 5.78 Å². The van der Waals surface area contributed by atoms with Crippen molar-refractivity contribution >= 4 is 11.8 Å². The van der Waals surface area contributed by atoms with E-state index in [2.05, 4.69) is 0 Å². The van der Waals surface area contributed by atoms with Gasteiger partial charge in [0, 0.05) is 11.1 Å². The van der Waals surface area contributed by atoms with Gasteiger partial charge in [-0.2, -0.15) is 0 Å². The van der Waals surface area contributed by atoms with Crippen LogP contribution in [-0.4, -0.2) is 25.5 Å². The van der Waals surface area contributed by atoms with Gasteiger partial charge in [-0.3, -0.25) is 4.79 Å². The zero-order chi connectivity index (χ0) is 17.4. The van der Waals surface area contributed by atoms with Crippen LogP contribution in [0.25, 0.3) is 0 Å². The monoisotopic (exact) mass is 316 g/mol. The summed E-state index contributed by atoms with van der Waals surface area (Å²) in [7, 11) is 1.60. The molecule has 0 N–H and O–H groups in total. The highest BCUT2D eigenvalue weighted by Crippen LogP contribution is 2.21. The number of carbonyl (C=O) groups excluding carboxylic acids is 2. The predicted molar refractivity (Wildman–Crippen MR) is 90.8 cm³/mol. The molecule has 0 aliphatic heterocycles. The maximum absolute atomic E-state index is 11.6. The summed E-state index contributed by atoms with van der Waals surface area (Å²) >= 11 is 0. The second-order valence-corrected chi connectivity index (χ2v) is 5.39. The first kappa shape index (κ1) is 18.7. The Morgan fingerprint density at radius 2 is 1.87 bits per heavy atom. The van der Waals surface area contributed by atoms with Crippen molar-refractivity contribution < 1.29 is 19.1 Å². The SMILES string of the molecule is CC=C(C)C(=O)OCC(C)=CCc1cc(C(C)=O)ccc1OC. The Morgan fingerprint density at radius 3 is 2.43 bits per heavy atom. The summed E-state index contributed by atoms with van der Waals surface area (Å²) in [4.78, 5) is 23.1. The number of allylic oxidation sites excluding steroid dienone is 2. The third-order valence-corrected chi connectivity index (χ3v) is 3.54. The molecule has 0 spiro atoms. The summed E-state index contributed by atoms with van der Waals surface area (Å²) in [6.45, 7) is 7.21. The van der Waals surface area contributed by atoms with E-state index in [0.29, 0.717) is 17.6 Å². The fourth-order valence-electron chi connectivity index (χ4n) is 1.91. The lowest BCUT2D eigenvalue weighted by molar-refractivity contribution is -0.138. The van der Waals surface area contributed by atoms with E-state index in [9.17, 15) is 9.59 Å². The number of carbonyl (C=O) groups is 2. The van der Waals surface area contributed by atoms with Gasteiger partial charge in [-0.25, -0.2) is 4.79 Å². The largest absolute Gasteiger partial charge is 0.496 e. The van der Waals surface area contributed by atoms with E-state index in [1.54, 1.807) is 39.2 Å². The molecule has 0 radical (unpaired) electrons. The van der Waals surface area contributed by atoms with Crippen molar-refractivity contribution in [2.45, 2.75) is 34.1 Å². The number of Topliss-reactive ketones (excluding diaryl/α,β-unsaturated/α-hetero) is 1. The van der Waals surface area contributed by atoms with Crippen molar-refractivity contribution in [2.24, 2.45) is 0 Å². The fraction of sp³-hybridized carbons (Fsp3) is 0.368. The predicted octanol–water partition coefficient (Wildman–Crippen LogP) is 3.90. The highest BCUT2D eigenvalue weighted by molar-refractivity contribution is 5.94. The van der Waals surface area contributed by atoms with E-state index in [1.807, 2.05) is 19.1 Å². The van der Waals surface area contributed by atoms with Crippen LogP contribution in [-0.2, 0) is 16.0 Å². The molecule has 23 heavy (non-hydrogen) atoms. The standard InChI is InChI=1S/C19H24O4/c1-6-14(3)19(21)23-12-13(2)7-8-17-11-16(15(4)20)9-10-18(17)22-5/h6-7,9-11H,8,12H2,1-5H3. The summed E-state index contributed by atoms with van der Waals surface area (Å²) in [5.74, 6) is 0.447. The molecule has 4 nitrogen and oxygen atoms in total. The molecular formula is C19H24O4. The first-order valence-electron chi connectivity index (χ1n) is 7.52. The van der Waals surface area contributed by atoms with Gasteiger partial charge in [0.25, 0.3) is 0 Å². The van der Waals surface area contributed by atoms with Crippen LogP contribution in [0, 0.1) is 0 Å². The third kappa shape index (κ3) is 5.74. The van der Waals surface area contributed by atoms with Crippen LogP contribution in [0.4, 0.5) is 0 Å². The van der Waals surface area contributed by atoms with E-state index in [-0.39, 0.29) is 18.4 Å². The van der Waals surface area contributed by atoms with Crippen molar-refractivity contribution in [2.75, 3.05) is 13.7 Å². The van der Waals surface area contributed by atoms with Crippen LogP contribution >= 0.6 is 0 Å². The second-order valence-electron chi connectivity index (χ2n) is 5.39. The Morgan fingerprint density at radius 1 is 1.17 bits per heavy atom. The lowest BCUT2D eigenvalue weighted by Crippen LogP contribution is -2.07. The molecule has 4 heteroatoms. The van der Waals surface area contributed by atoms with E-state index >= 15 is 0 Å². The van der Waals surface area contributed by atoms with E-state index in [1.165, 1.54) is 6.92 Å². The normalized spacial score (nSPS) is 12.0. The molecule has 1 aromatic rings. The first-order valence-corrected chi connectivity index (χ1v) is 7.52. The van der Waals surface area contributed by atoms with Gasteiger partial charge >= 0.3 is 5.97 Å². The molecule has 0 saturated heterocycles. The zero-order valence-electron chi connectivity index (χ0n) is 14.4. The quantitative estimate of drug-likeness (QED) is 0.331. The highest BCUT2D eigenvalue weighted by atomic mass is 16.5. The minimum Gasteiger partial charge on any atom is -0.496 e. The molecule has 0 amide bonds. The Bertz CT molecular complexity index is 639. The fourth-order valence-corrected chi connectivity index (χ4v) is 1.91. The van der Waals surface area contributed by atoms with Gasteiger partial charge in [-0.1, -0.05) is 12.2 Å². The molecular weight excluding hydrogens is 292 g/mol. The van der Waals surface area contributed by atoms with Gasteiger partial charge in [-0.05, 0) is 63.5 Å². The van der Waals surface area contributed by atoms with E-state index in [4.69, 9.17) is 9.47 Å².